The van der Waals surface area contributed by atoms with Gasteiger partial charge in [-0.15, -0.1) is 0 Å². The molecule has 0 fully saturated rings. The fraction of sp³-hybridized carbons (Fsp3) is 0.400. The first-order valence-corrected chi connectivity index (χ1v) is 4.93. The standard InChI is InChI=1S/C10H12N4O/c1-3-4-8-13-9-7(10(15)14-8)5-11-6(2)12-9/h5H,3-4H2,1-2H3,(H,11,12,13,14,15). The normalized spacial score (nSPS) is 10.8. The van der Waals surface area contributed by atoms with E-state index in [2.05, 4.69) is 19.9 Å². The fourth-order valence-electron chi connectivity index (χ4n) is 1.41. The van der Waals surface area contributed by atoms with Gasteiger partial charge in [0.25, 0.3) is 5.56 Å². The lowest BCUT2D eigenvalue weighted by Gasteiger charge is -2.00. The van der Waals surface area contributed by atoms with Crippen molar-refractivity contribution >= 4 is 11.0 Å². The molecule has 15 heavy (non-hydrogen) atoms. The Morgan fingerprint density at radius 3 is 2.93 bits per heavy atom. The van der Waals surface area contributed by atoms with Gasteiger partial charge in [0.2, 0.25) is 0 Å². The van der Waals surface area contributed by atoms with Crippen LogP contribution >= 0.6 is 0 Å². The molecule has 2 aromatic rings. The van der Waals surface area contributed by atoms with E-state index >= 15 is 0 Å². The molecule has 0 saturated heterocycles. The second-order valence-corrected chi connectivity index (χ2v) is 3.42. The van der Waals surface area contributed by atoms with E-state index in [1.165, 1.54) is 6.20 Å². The van der Waals surface area contributed by atoms with Crippen LogP contribution in [0, 0.1) is 6.92 Å². The highest BCUT2D eigenvalue weighted by Gasteiger charge is 2.04. The quantitative estimate of drug-likeness (QED) is 0.791. The average molecular weight is 204 g/mol. The highest BCUT2D eigenvalue weighted by atomic mass is 16.1. The lowest BCUT2D eigenvalue weighted by molar-refractivity contribution is 0.831. The van der Waals surface area contributed by atoms with Crippen LogP contribution in [0.3, 0.4) is 0 Å². The molecule has 0 atom stereocenters. The van der Waals surface area contributed by atoms with Crippen LogP contribution in [-0.2, 0) is 6.42 Å². The third-order valence-electron chi connectivity index (χ3n) is 2.12. The maximum Gasteiger partial charge on any atom is 0.261 e. The topological polar surface area (TPSA) is 71.5 Å². The number of aromatic nitrogens is 4. The first kappa shape index (κ1) is 9.76. The molecule has 5 heteroatoms. The number of nitrogens with one attached hydrogen (secondary N) is 1. The van der Waals surface area contributed by atoms with Crippen LogP contribution in [0.15, 0.2) is 11.0 Å². The summed E-state index contributed by atoms with van der Waals surface area (Å²) in [5, 5.41) is 0.445. The molecule has 0 aliphatic heterocycles. The number of nitrogens with zero attached hydrogens (tertiary/aromatic N) is 3. The number of H-pyrrole nitrogens is 1. The summed E-state index contributed by atoms with van der Waals surface area (Å²) in [6.45, 7) is 3.82. The van der Waals surface area contributed by atoms with Crippen molar-refractivity contribution in [3.63, 3.8) is 0 Å². The Kier molecular flexibility index (Phi) is 2.45. The SMILES string of the molecule is CCCc1nc2nc(C)ncc2c(=O)[nH]1. The van der Waals surface area contributed by atoms with E-state index < -0.39 is 0 Å². The van der Waals surface area contributed by atoms with Crippen LogP contribution in [0.4, 0.5) is 0 Å². The molecule has 0 aromatic carbocycles. The number of hydrogen-bond acceptors (Lipinski definition) is 4. The fourth-order valence-corrected chi connectivity index (χ4v) is 1.41. The van der Waals surface area contributed by atoms with Crippen molar-refractivity contribution in [2.75, 3.05) is 0 Å². The first-order valence-electron chi connectivity index (χ1n) is 4.93. The van der Waals surface area contributed by atoms with Crippen LogP contribution in [-0.4, -0.2) is 19.9 Å². The zero-order chi connectivity index (χ0) is 10.8. The summed E-state index contributed by atoms with van der Waals surface area (Å²) in [5.41, 5.74) is 0.318. The minimum Gasteiger partial charge on any atom is -0.310 e. The molecule has 0 amide bonds. The number of aryl methyl sites for hydroxylation is 2. The Balaban J connectivity index is 2.68. The van der Waals surface area contributed by atoms with Crippen molar-refractivity contribution in [2.45, 2.75) is 26.7 Å². The highest BCUT2D eigenvalue weighted by molar-refractivity contribution is 5.71. The van der Waals surface area contributed by atoms with Gasteiger partial charge in [-0.1, -0.05) is 6.92 Å². The average Bonchev–Trinajstić information content (AvgIpc) is 2.17. The maximum absolute atomic E-state index is 11.6. The Bertz CT molecular complexity index is 547. The smallest absolute Gasteiger partial charge is 0.261 e. The molecule has 2 heterocycles. The molecule has 78 valence electrons. The zero-order valence-corrected chi connectivity index (χ0v) is 8.74. The van der Waals surface area contributed by atoms with Crippen LogP contribution < -0.4 is 5.56 Å². The van der Waals surface area contributed by atoms with E-state index in [9.17, 15) is 4.79 Å². The van der Waals surface area contributed by atoms with Crippen molar-refractivity contribution in [2.24, 2.45) is 0 Å². The predicted molar refractivity (Wildman–Crippen MR) is 56.7 cm³/mol. The van der Waals surface area contributed by atoms with Crippen LogP contribution in [0.25, 0.3) is 11.0 Å². The highest BCUT2D eigenvalue weighted by Crippen LogP contribution is 2.03. The second-order valence-electron chi connectivity index (χ2n) is 3.42. The minimum atomic E-state index is -0.163. The maximum atomic E-state index is 11.6. The van der Waals surface area contributed by atoms with Gasteiger partial charge < -0.3 is 4.98 Å². The molecule has 0 radical (unpaired) electrons. The molecule has 2 rings (SSSR count). The number of rotatable bonds is 2. The third kappa shape index (κ3) is 1.86. The van der Waals surface area contributed by atoms with Gasteiger partial charge in [0.1, 0.15) is 17.0 Å². The van der Waals surface area contributed by atoms with Gasteiger partial charge in [-0.2, -0.15) is 0 Å². The number of aromatic amines is 1. The molecule has 5 nitrogen and oxygen atoms in total. The number of hydrogen-bond donors (Lipinski definition) is 1. The summed E-state index contributed by atoms with van der Waals surface area (Å²) in [5.74, 6) is 1.32. The number of fused-ring (bicyclic) bond motifs is 1. The Labute approximate surface area is 86.6 Å². The van der Waals surface area contributed by atoms with E-state index in [1.54, 1.807) is 6.92 Å². The molecule has 0 aliphatic carbocycles. The van der Waals surface area contributed by atoms with Gasteiger partial charge in [-0.05, 0) is 13.3 Å². The monoisotopic (exact) mass is 204 g/mol. The van der Waals surface area contributed by atoms with Gasteiger partial charge in [-0.25, -0.2) is 15.0 Å². The molecule has 0 bridgehead atoms. The second kappa shape index (κ2) is 3.76. The molecule has 0 saturated carbocycles. The molecule has 0 aliphatic rings. The van der Waals surface area contributed by atoms with E-state index in [0.717, 1.165) is 12.8 Å². The van der Waals surface area contributed by atoms with Gasteiger partial charge in [0, 0.05) is 12.6 Å². The largest absolute Gasteiger partial charge is 0.310 e. The summed E-state index contributed by atoms with van der Waals surface area (Å²) in [4.78, 5) is 26.7. The van der Waals surface area contributed by atoms with Crippen LogP contribution in [0.5, 0.6) is 0 Å². The van der Waals surface area contributed by atoms with Crippen molar-refractivity contribution < 1.29 is 0 Å². The van der Waals surface area contributed by atoms with Gasteiger partial charge >= 0.3 is 0 Å². The van der Waals surface area contributed by atoms with E-state index in [-0.39, 0.29) is 5.56 Å². The molecular weight excluding hydrogens is 192 g/mol. The summed E-state index contributed by atoms with van der Waals surface area (Å²) in [6.07, 6.45) is 3.21. The van der Waals surface area contributed by atoms with E-state index in [0.29, 0.717) is 22.7 Å². The Hall–Kier alpha value is -1.78. The van der Waals surface area contributed by atoms with Gasteiger partial charge in [0.05, 0.1) is 0 Å². The molecule has 0 spiro atoms. The summed E-state index contributed by atoms with van der Waals surface area (Å²) >= 11 is 0. The van der Waals surface area contributed by atoms with Crippen molar-refractivity contribution in [3.05, 3.63) is 28.2 Å². The van der Waals surface area contributed by atoms with Gasteiger partial charge in [0.15, 0.2) is 5.65 Å². The molecule has 1 N–H and O–H groups in total. The van der Waals surface area contributed by atoms with E-state index in [1.807, 2.05) is 6.92 Å². The molecular formula is C10H12N4O. The minimum absolute atomic E-state index is 0.163. The lowest BCUT2D eigenvalue weighted by atomic mass is 10.3. The Morgan fingerprint density at radius 2 is 2.20 bits per heavy atom. The summed E-state index contributed by atoms with van der Waals surface area (Å²) < 4.78 is 0. The first-order chi connectivity index (χ1) is 7.20. The summed E-state index contributed by atoms with van der Waals surface area (Å²) in [7, 11) is 0. The van der Waals surface area contributed by atoms with Crippen LogP contribution in [0.1, 0.15) is 25.0 Å². The van der Waals surface area contributed by atoms with Crippen molar-refractivity contribution in [1.82, 2.24) is 19.9 Å². The summed E-state index contributed by atoms with van der Waals surface area (Å²) in [6, 6.07) is 0. The molecule has 0 unspecified atom stereocenters. The molecule has 2 aromatic heterocycles. The van der Waals surface area contributed by atoms with Crippen molar-refractivity contribution in [3.8, 4) is 0 Å². The van der Waals surface area contributed by atoms with Crippen molar-refractivity contribution in [1.29, 1.82) is 0 Å². The predicted octanol–water partition coefficient (Wildman–Crippen LogP) is 0.974. The Morgan fingerprint density at radius 1 is 1.40 bits per heavy atom. The zero-order valence-electron chi connectivity index (χ0n) is 8.74. The third-order valence-corrected chi connectivity index (χ3v) is 2.12. The van der Waals surface area contributed by atoms with Gasteiger partial charge in [-0.3, -0.25) is 4.79 Å². The lowest BCUT2D eigenvalue weighted by Crippen LogP contribution is -2.13. The van der Waals surface area contributed by atoms with Crippen LogP contribution in [0.2, 0.25) is 0 Å². The van der Waals surface area contributed by atoms with E-state index in [4.69, 9.17) is 0 Å².